The lowest BCUT2D eigenvalue weighted by molar-refractivity contribution is -0.138. The zero-order valence-electron chi connectivity index (χ0n) is 11.0. The molecule has 0 saturated heterocycles. The zero-order chi connectivity index (χ0) is 15.5. The highest BCUT2D eigenvalue weighted by Gasteiger charge is 2.29. The van der Waals surface area contributed by atoms with Gasteiger partial charge in [0, 0.05) is 0 Å². The molecule has 0 saturated carbocycles. The van der Waals surface area contributed by atoms with Crippen molar-refractivity contribution in [1.29, 1.82) is 0 Å². The summed E-state index contributed by atoms with van der Waals surface area (Å²) in [6, 6.07) is 9.53. The third kappa shape index (κ3) is 3.37. The number of carbonyl (C=O) groups excluding carboxylic acids is 1. The second-order valence-electron chi connectivity index (χ2n) is 3.97. The van der Waals surface area contributed by atoms with Crippen LogP contribution in [0.2, 0.25) is 5.02 Å². The highest BCUT2D eigenvalue weighted by Crippen LogP contribution is 2.31. The van der Waals surface area contributed by atoms with Gasteiger partial charge in [0.15, 0.2) is 0 Å². The molecule has 0 amide bonds. The quantitative estimate of drug-likeness (QED) is 0.782. The average Bonchev–Trinajstić information content (AvgIpc) is 3.00. The van der Waals surface area contributed by atoms with Crippen molar-refractivity contribution in [3.63, 3.8) is 0 Å². The minimum absolute atomic E-state index is 0.131. The van der Waals surface area contributed by atoms with Crippen LogP contribution in [0.15, 0.2) is 46.0 Å². The first kappa shape index (κ1) is 15.8. The van der Waals surface area contributed by atoms with E-state index in [1.807, 2.05) is 0 Å². The zero-order valence-corrected chi connectivity index (χ0v) is 13.4. The maximum Gasteiger partial charge on any atom is 0.326 e. The van der Waals surface area contributed by atoms with E-state index in [9.17, 15) is 13.2 Å². The number of nitrogens with zero attached hydrogens (tertiary/aromatic N) is 1. The first-order valence-corrected chi connectivity index (χ1v) is 8.54. The molecule has 0 N–H and O–H groups in total. The van der Waals surface area contributed by atoms with E-state index >= 15 is 0 Å². The maximum absolute atomic E-state index is 12.7. The second-order valence-corrected chi connectivity index (χ2v) is 7.42. The molecule has 112 valence electrons. The van der Waals surface area contributed by atoms with Crippen LogP contribution < -0.4 is 4.31 Å². The van der Waals surface area contributed by atoms with Crippen LogP contribution in [-0.4, -0.2) is 28.0 Å². The van der Waals surface area contributed by atoms with E-state index in [0.717, 1.165) is 15.6 Å². The molecule has 1 heterocycles. The van der Waals surface area contributed by atoms with Gasteiger partial charge in [0.05, 0.1) is 17.8 Å². The molecule has 0 radical (unpaired) electrons. The first-order valence-electron chi connectivity index (χ1n) is 5.84. The summed E-state index contributed by atoms with van der Waals surface area (Å²) in [4.78, 5) is 11.6. The van der Waals surface area contributed by atoms with E-state index in [0.29, 0.717) is 0 Å². The Morgan fingerprint density at radius 2 is 2.00 bits per heavy atom. The topological polar surface area (TPSA) is 63.7 Å². The number of hydrogen-bond acceptors (Lipinski definition) is 5. The predicted molar refractivity (Wildman–Crippen MR) is 82.3 cm³/mol. The van der Waals surface area contributed by atoms with Crippen LogP contribution >= 0.6 is 22.9 Å². The van der Waals surface area contributed by atoms with E-state index < -0.39 is 22.5 Å². The number of thiophene rings is 1. The maximum atomic E-state index is 12.7. The fourth-order valence-electron chi connectivity index (χ4n) is 1.65. The summed E-state index contributed by atoms with van der Waals surface area (Å²) in [5, 5.41) is 1.89. The van der Waals surface area contributed by atoms with E-state index in [1.165, 1.54) is 19.2 Å². The van der Waals surface area contributed by atoms with E-state index in [-0.39, 0.29) is 14.9 Å². The lowest BCUT2D eigenvalue weighted by Gasteiger charge is -2.23. The molecule has 1 aromatic heterocycles. The van der Waals surface area contributed by atoms with E-state index in [4.69, 9.17) is 11.6 Å². The summed E-state index contributed by atoms with van der Waals surface area (Å²) in [6.07, 6.45) is 0. The molecule has 0 unspecified atom stereocenters. The number of anilines is 1. The lowest BCUT2D eigenvalue weighted by Crippen LogP contribution is -2.36. The number of esters is 1. The second kappa shape index (κ2) is 6.46. The normalized spacial score (nSPS) is 11.1. The molecule has 2 rings (SSSR count). The van der Waals surface area contributed by atoms with Crippen LogP contribution in [0.1, 0.15) is 0 Å². The van der Waals surface area contributed by atoms with Crippen molar-refractivity contribution in [3.05, 3.63) is 46.8 Å². The fraction of sp³-hybridized carbons (Fsp3) is 0.154. The molecular weight excluding hydrogens is 334 g/mol. The van der Waals surface area contributed by atoms with Gasteiger partial charge in [-0.2, -0.15) is 0 Å². The predicted octanol–water partition coefficient (Wildman–Crippen LogP) is 2.77. The summed E-state index contributed by atoms with van der Waals surface area (Å²) < 4.78 is 31.0. The molecule has 21 heavy (non-hydrogen) atoms. The van der Waals surface area contributed by atoms with Gasteiger partial charge in [-0.1, -0.05) is 29.8 Å². The van der Waals surface area contributed by atoms with Crippen LogP contribution in [0, 0.1) is 0 Å². The van der Waals surface area contributed by atoms with Gasteiger partial charge in [0.1, 0.15) is 10.8 Å². The number of sulfonamides is 1. The molecule has 0 aliphatic rings. The monoisotopic (exact) mass is 345 g/mol. The van der Waals surface area contributed by atoms with Gasteiger partial charge in [0.25, 0.3) is 10.0 Å². The number of ether oxygens (including phenoxy) is 1. The van der Waals surface area contributed by atoms with Gasteiger partial charge in [0.2, 0.25) is 0 Å². The molecule has 5 nitrogen and oxygen atoms in total. The Balaban J connectivity index is 2.52. The van der Waals surface area contributed by atoms with Crippen molar-refractivity contribution in [2.75, 3.05) is 18.0 Å². The summed E-state index contributed by atoms with van der Waals surface area (Å²) in [5.41, 5.74) is 0.234. The number of carbonyl (C=O) groups is 1. The van der Waals surface area contributed by atoms with E-state index in [1.54, 1.807) is 29.6 Å². The van der Waals surface area contributed by atoms with Crippen LogP contribution in [0.25, 0.3) is 0 Å². The van der Waals surface area contributed by atoms with Crippen molar-refractivity contribution >= 4 is 44.6 Å². The average molecular weight is 346 g/mol. The molecule has 0 aliphatic carbocycles. The number of para-hydroxylation sites is 1. The van der Waals surface area contributed by atoms with Crippen LogP contribution in [-0.2, 0) is 19.6 Å². The third-order valence-corrected chi connectivity index (χ3v) is 6.11. The highest BCUT2D eigenvalue weighted by atomic mass is 35.5. The molecule has 8 heteroatoms. The SMILES string of the molecule is COC(=O)CN(c1ccccc1Cl)S(=O)(=O)c1cccs1. The Morgan fingerprint density at radius 1 is 1.29 bits per heavy atom. The summed E-state index contributed by atoms with van der Waals surface area (Å²) in [7, 11) is -2.67. The summed E-state index contributed by atoms with van der Waals surface area (Å²) >= 11 is 7.13. The van der Waals surface area contributed by atoms with Crippen molar-refractivity contribution in [2.45, 2.75) is 4.21 Å². The standard InChI is InChI=1S/C13H12ClNO4S2/c1-19-12(16)9-15(11-6-3-2-5-10(11)14)21(17,18)13-7-4-8-20-13/h2-8H,9H2,1H3. The number of benzene rings is 1. The van der Waals surface area contributed by atoms with Gasteiger partial charge < -0.3 is 4.74 Å². The Morgan fingerprint density at radius 3 is 2.57 bits per heavy atom. The molecule has 1 aromatic carbocycles. The summed E-state index contributed by atoms with van der Waals surface area (Å²) in [6.45, 7) is -0.444. The minimum atomic E-state index is -3.87. The van der Waals surface area contributed by atoms with Gasteiger partial charge in [-0.25, -0.2) is 8.42 Å². The lowest BCUT2D eigenvalue weighted by atomic mass is 10.3. The highest BCUT2D eigenvalue weighted by molar-refractivity contribution is 7.94. The van der Waals surface area contributed by atoms with Crippen molar-refractivity contribution in [1.82, 2.24) is 0 Å². The molecule has 0 aliphatic heterocycles. The molecule has 0 fully saturated rings. The first-order chi connectivity index (χ1) is 9.96. The van der Waals surface area contributed by atoms with Crippen molar-refractivity contribution < 1.29 is 17.9 Å². The van der Waals surface area contributed by atoms with Crippen molar-refractivity contribution in [2.24, 2.45) is 0 Å². The van der Waals surface area contributed by atoms with E-state index in [2.05, 4.69) is 4.74 Å². The molecule has 2 aromatic rings. The van der Waals surface area contributed by atoms with Crippen LogP contribution in [0.4, 0.5) is 5.69 Å². The Bertz CT molecular complexity index is 728. The van der Waals surface area contributed by atoms with Gasteiger partial charge >= 0.3 is 5.97 Å². The van der Waals surface area contributed by atoms with Gasteiger partial charge in [-0.3, -0.25) is 9.10 Å². The van der Waals surface area contributed by atoms with Crippen molar-refractivity contribution in [3.8, 4) is 0 Å². The number of halogens is 1. The third-order valence-electron chi connectivity index (χ3n) is 2.66. The number of hydrogen-bond donors (Lipinski definition) is 0. The molecule has 0 bridgehead atoms. The minimum Gasteiger partial charge on any atom is -0.468 e. The van der Waals surface area contributed by atoms with Crippen LogP contribution in [0.5, 0.6) is 0 Å². The summed E-state index contributed by atoms with van der Waals surface area (Å²) in [5.74, 6) is -0.671. The molecular formula is C13H12ClNO4S2. The Labute approximate surface area is 131 Å². The van der Waals surface area contributed by atoms with Gasteiger partial charge in [-0.15, -0.1) is 11.3 Å². The Hall–Kier alpha value is -1.57. The number of methoxy groups -OCH3 is 1. The smallest absolute Gasteiger partial charge is 0.326 e. The fourth-order valence-corrected chi connectivity index (χ4v) is 4.47. The molecule has 0 spiro atoms. The largest absolute Gasteiger partial charge is 0.468 e. The molecule has 0 atom stereocenters. The van der Waals surface area contributed by atoms with Gasteiger partial charge in [-0.05, 0) is 23.6 Å². The Kier molecular flexibility index (Phi) is 4.87. The number of rotatable bonds is 5. The van der Waals surface area contributed by atoms with Crippen LogP contribution in [0.3, 0.4) is 0 Å².